The SMILES string of the molecule is CC(=O)CC(=O)CCCCC1C(C)=CCCC1(C)C. The van der Waals surface area contributed by atoms with E-state index in [1.807, 2.05) is 0 Å². The molecule has 1 aliphatic rings. The normalized spacial score (nSPS) is 21.9. The lowest BCUT2D eigenvalue weighted by molar-refractivity contribution is -0.125. The van der Waals surface area contributed by atoms with Gasteiger partial charge in [0.15, 0.2) is 0 Å². The predicted octanol–water partition coefficient (Wildman–Crippen LogP) is 4.48. The van der Waals surface area contributed by atoms with Crippen molar-refractivity contribution in [2.45, 2.75) is 72.6 Å². The third-order valence-corrected chi connectivity index (χ3v) is 4.39. The summed E-state index contributed by atoms with van der Waals surface area (Å²) in [6.45, 7) is 8.44. The Labute approximate surface area is 117 Å². The van der Waals surface area contributed by atoms with Crippen molar-refractivity contribution in [3.05, 3.63) is 11.6 Å². The van der Waals surface area contributed by atoms with Crippen molar-refractivity contribution < 1.29 is 9.59 Å². The number of carbonyl (C=O) groups is 2. The maximum Gasteiger partial charge on any atom is 0.140 e. The molecule has 0 bridgehead atoms. The molecule has 19 heavy (non-hydrogen) atoms. The first-order valence-electron chi connectivity index (χ1n) is 7.50. The number of allylic oxidation sites excluding steroid dienone is 2. The molecule has 0 saturated carbocycles. The van der Waals surface area contributed by atoms with Crippen molar-refractivity contribution in [3.8, 4) is 0 Å². The first kappa shape index (κ1) is 16.1. The molecule has 0 N–H and O–H groups in total. The van der Waals surface area contributed by atoms with Crippen molar-refractivity contribution in [1.82, 2.24) is 0 Å². The number of hydrogen-bond acceptors (Lipinski definition) is 2. The van der Waals surface area contributed by atoms with Crippen LogP contribution in [0.1, 0.15) is 72.6 Å². The second-order valence-electron chi connectivity index (χ2n) is 6.69. The number of ketones is 2. The molecular weight excluding hydrogens is 236 g/mol. The minimum atomic E-state index is -0.0165. The molecular formula is C17H28O2. The highest BCUT2D eigenvalue weighted by molar-refractivity contribution is 5.97. The highest BCUT2D eigenvalue weighted by Gasteiger charge is 2.31. The highest BCUT2D eigenvalue weighted by atomic mass is 16.1. The number of rotatable bonds is 7. The molecule has 1 unspecified atom stereocenters. The minimum Gasteiger partial charge on any atom is -0.300 e. The van der Waals surface area contributed by atoms with Crippen LogP contribution in [0.15, 0.2) is 11.6 Å². The fraction of sp³-hybridized carbons (Fsp3) is 0.765. The lowest BCUT2D eigenvalue weighted by atomic mass is 9.67. The van der Waals surface area contributed by atoms with Crippen molar-refractivity contribution in [2.75, 3.05) is 0 Å². The zero-order chi connectivity index (χ0) is 14.5. The molecule has 2 heteroatoms. The van der Waals surface area contributed by atoms with Crippen molar-refractivity contribution in [2.24, 2.45) is 11.3 Å². The zero-order valence-corrected chi connectivity index (χ0v) is 12.9. The van der Waals surface area contributed by atoms with Gasteiger partial charge in [0.25, 0.3) is 0 Å². The van der Waals surface area contributed by atoms with Gasteiger partial charge in [0, 0.05) is 6.42 Å². The van der Waals surface area contributed by atoms with Crippen LogP contribution < -0.4 is 0 Å². The van der Waals surface area contributed by atoms with Gasteiger partial charge >= 0.3 is 0 Å². The van der Waals surface area contributed by atoms with Gasteiger partial charge in [-0.05, 0) is 50.9 Å². The Balaban J connectivity index is 2.32. The molecule has 1 rings (SSSR count). The maximum atomic E-state index is 11.5. The first-order valence-corrected chi connectivity index (χ1v) is 7.50. The molecule has 0 saturated heterocycles. The minimum absolute atomic E-state index is 0.0165. The highest BCUT2D eigenvalue weighted by Crippen LogP contribution is 2.43. The van der Waals surface area contributed by atoms with E-state index in [0.29, 0.717) is 17.8 Å². The van der Waals surface area contributed by atoms with Crippen LogP contribution in [-0.4, -0.2) is 11.6 Å². The van der Waals surface area contributed by atoms with Gasteiger partial charge in [-0.25, -0.2) is 0 Å². The Bertz CT molecular complexity index is 363. The van der Waals surface area contributed by atoms with Gasteiger partial charge in [-0.1, -0.05) is 31.9 Å². The molecule has 0 spiro atoms. The third-order valence-electron chi connectivity index (χ3n) is 4.39. The van der Waals surface area contributed by atoms with Crippen molar-refractivity contribution in [3.63, 3.8) is 0 Å². The Morgan fingerprint density at radius 1 is 1.32 bits per heavy atom. The largest absolute Gasteiger partial charge is 0.300 e. The van der Waals surface area contributed by atoms with E-state index in [1.54, 1.807) is 0 Å². The molecule has 2 nitrogen and oxygen atoms in total. The molecule has 0 amide bonds. The van der Waals surface area contributed by atoms with Gasteiger partial charge in [0.1, 0.15) is 11.6 Å². The fourth-order valence-electron chi connectivity index (χ4n) is 3.26. The molecule has 1 aliphatic carbocycles. The summed E-state index contributed by atoms with van der Waals surface area (Å²) in [7, 11) is 0. The summed E-state index contributed by atoms with van der Waals surface area (Å²) >= 11 is 0. The number of hydrogen-bond donors (Lipinski definition) is 0. The summed E-state index contributed by atoms with van der Waals surface area (Å²) in [4.78, 5) is 22.3. The van der Waals surface area contributed by atoms with Crippen LogP contribution in [0.3, 0.4) is 0 Å². The molecule has 0 aromatic heterocycles. The topological polar surface area (TPSA) is 34.1 Å². The average Bonchev–Trinajstić information content (AvgIpc) is 2.25. The molecule has 0 aromatic carbocycles. The van der Waals surface area contributed by atoms with E-state index in [9.17, 15) is 9.59 Å². The smallest absolute Gasteiger partial charge is 0.140 e. The van der Waals surface area contributed by atoms with Crippen LogP contribution in [0.25, 0.3) is 0 Å². The monoisotopic (exact) mass is 264 g/mol. The average molecular weight is 264 g/mol. The van der Waals surface area contributed by atoms with Crippen molar-refractivity contribution in [1.29, 1.82) is 0 Å². The van der Waals surface area contributed by atoms with Gasteiger partial charge in [-0.2, -0.15) is 0 Å². The molecule has 0 fully saturated rings. The van der Waals surface area contributed by atoms with E-state index in [-0.39, 0.29) is 18.0 Å². The molecule has 1 atom stereocenters. The van der Waals surface area contributed by atoms with E-state index >= 15 is 0 Å². The standard InChI is InChI=1S/C17H28O2/c1-13-8-7-11-17(3,4)16(13)10-6-5-9-15(19)12-14(2)18/h8,16H,5-7,9-12H2,1-4H3. The summed E-state index contributed by atoms with van der Waals surface area (Å²) in [6, 6.07) is 0. The predicted molar refractivity (Wildman–Crippen MR) is 79.0 cm³/mol. The van der Waals surface area contributed by atoms with Crippen LogP contribution >= 0.6 is 0 Å². The Morgan fingerprint density at radius 2 is 2.00 bits per heavy atom. The maximum absolute atomic E-state index is 11.5. The Kier molecular flexibility index (Phi) is 5.96. The fourth-order valence-corrected chi connectivity index (χ4v) is 3.26. The van der Waals surface area contributed by atoms with Gasteiger partial charge in [-0.15, -0.1) is 0 Å². The number of unbranched alkanes of at least 4 members (excludes halogenated alkanes) is 1. The third kappa shape index (κ3) is 5.30. The van der Waals surface area contributed by atoms with E-state index in [0.717, 1.165) is 12.8 Å². The van der Waals surface area contributed by atoms with Gasteiger partial charge < -0.3 is 0 Å². The van der Waals surface area contributed by atoms with Crippen LogP contribution in [-0.2, 0) is 9.59 Å². The summed E-state index contributed by atoms with van der Waals surface area (Å²) in [5.41, 5.74) is 1.91. The molecule has 0 aromatic rings. The van der Waals surface area contributed by atoms with Gasteiger partial charge in [0.2, 0.25) is 0 Å². The molecule has 0 aliphatic heterocycles. The molecule has 0 heterocycles. The number of carbonyl (C=O) groups excluding carboxylic acids is 2. The lowest BCUT2D eigenvalue weighted by Crippen LogP contribution is -2.27. The lowest BCUT2D eigenvalue weighted by Gasteiger charge is -2.38. The first-order chi connectivity index (χ1) is 8.83. The van der Waals surface area contributed by atoms with E-state index < -0.39 is 0 Å². The second kappa shape index (κ2) is 7.02. The summed E-state index contributed by atoms with van der Waals surface area (Å²) in [5.74, 6) is 0.740. The van der Waals surface area contributed by atoms with Crippen molar-refractivity contribution >= 4 is 11.6 Å². The quantitative estimate of drug-likeness (QED) is 0.386. The summed E-state index contributed by atoms with van der Waals surface area (Å²) in [6.07, 6.45) is 8.70. The van der Waals surface area contributed by atoms with Crippen LogP contribution in [0, 0.1) is 11.3 Å². The summed E-state index contributed by atoms with van der Waals surface area (Å²) < 4.78 is 0. The van der Waals surface area contributed by atoms with Gasteiger partial charge in [-0.3, -0.25) is 9.59 Å². The molecule has 0 radical (unpaired) electrons. The van der Waals surface area contributed by atoms with Crippen LogP contribution in [0.5, 0.6) is 0 Å². The number of Topliss-reactive ketones (excluding diaryl/α,β-unsaturated/α-hetero) is 2. The van der Waals surface area contributed by atoms with Crippen LogP contribution in [0.4, 0.5) is 0 Å². The zero-order valence-electron chi connectivity index (χ0n) is 12.9. The Morgan fingerprint density at radius 3 is 2.58 bits per heavy atom. The van der Waals surface area contributed by atoms with E-state index in [4.69, 9.17) is 0 Å². The molecule has 108 valence electrons. The van der Waals surface area contributed by atoms with Crippen LogP contribution in [0.2, 0.25) is 0 Å². The Hall–Kier alpha value is -0.920. The summed E-state index contributed by atoms with van der Waals surface area (Å²) in [5, 5.41) is 0. The van der Waals surface area contributed by atoms with E-state index in [1.165, 1.54) is 31.8 Å². The van der Waals surface area contributed by atoms with E-state index in [2.05, 4.69) is 26.8 Å². The van der Waals surface area contributed by atoms with Gasteiger partial charge in [0.05, 0.1) is 6.42 Å². The second-order valence-corrected chi connectivity index (χ2v) is 6.69.